The molecule has 124 valence electrons. The molecule has 1 aromatic rings. The van der Waals surface area contributed by atoms with Gasteiger partial charge in [-0.05, 0) is 69.9 Å². The van der Waals surface area contributed by atoms with Crippen LogP contribution >= 0.6 is 0 Å². The Labute approximate surface area is 139 Å². The first-order valence-electron chi connectivity index (χ1n) is 8.40. The van der Waals surface area contributed by atoms with Crippen molar-refractivity contribution >= 4 is 18.9 Å². The van der Waals surface area contributed by atoms with Crippen molar-refractivity contribution in [2.75, 3.05) is 25.5 Å². The zero-order valence-electron chi connectivity index (χ0n) is 14.8. The number of benzene rings is 1. The molecule has 3 rings (SSSR count). The van der Waals surface area contributed by atoms with Gasteiger partial charge >= 0.3 is 7.12 Å². The van der Waals surface area contributed by atoms with E-state index in [0.29, 0.717) is 0 Å². The third-order valence-corrected chi connectivity index (χ3v) is 5.13. The summed E-state index contributed by atoms with van der Waals surface area (Å²) in [4.78, 5) is 0. The molecule has 23 heavy (non-hydrogen) atoms. The molecule has 0 bridgehead atoms. The van der Waals surface area contributed by atoms with Crippen LogP contribution in [0.3, 0.4) is 0 Å². The molecule has 1 saturated heterocycles. The second kappa shape index (κ2) is 5.97. The monoisotopic (exact) mass is 314 g/mol. The number of nitrogens with one attached hydrogen (secondary N) is 2. The lowest BCUT2D eigenvalue weighted by atomic mass is 9.77. The highest BCUT2D eigenvalue weighted by atomic mass is 16.7. The van der Waals surface area contributed by atoms with Crippen molar-refractivity contribution in [3.63, 3.8) is 0 Å². The first-order valence-corrected chi connectivity index (χ1v) is 8.40. The van der Waals surface area contributed by atoms with Gasteiger partial charge in [-0.15, -0.1) is 0 Å². The predicted octanol–water partition coefficient (Wildman–Crippen LogP) is 2.89. The minimum atomic E-state index is -0.313. The van der Waals surface area contributed by atoms with Crippen molar-refractivity contribution in [3.8, 4) is 0 Å². The fraction of sp³-hybridized carbons (Fsp3) is 0.556. The zero-order chi connectivity index (χ0) is 16.7. The van der Waals surface area contributed by atoms with E-state index in [9.17, 15) is 0 Å². The summed E-state index contributed by atoms with van der Waals surface area (Å²) in [6.45, 7) is 10.1. The van der Waals surface area contributed by atoms with Gasteiger partial charge in [-0.1, -0.05) is 12.1 Å². The molecule has 2 N–H and O–H groups in total. The third kappa shape index (κ3) is 3.18. The van der Waals surface area contributed by atoms with Gasteiger partial charge in [0, 0.05) is 18.8 Å². The van der Waals surface area contributed by atoms with Crippen LogP contribution in [0.2, 0.25) is 0 Å². The van der Waals surface area contributed by atoms with Gasteiger partial charge in [0.2, 0.25) is 0 Å². The minimum Gasteiger partial charge on any atom is -0.400 e. The molecule has 0 aliphatic carbocycles. The fourth-order valence-corrected chi connectivity index (χ4v) is 3.03. The van der Waals surface area contributed by atoms with Crippen LogP contribution in [0, 0.1) is 0 Å². The topological polar surface area (TPSA) is 42.5 Å². The Hall–Kier alpha value is -1.30. The molecule has 2 heterocycles. The van der Waals surface area contributed by atoms with Gasteiger partial charge in [0.05, 0.1) is 11.2 Å². The van der Waals surface area contributed by atoms with Gasteiger partial charge in [-0.3, -0.25) is 0 Å². The third-order valence-electron chi connectivity index (χ3n) is 5.13. The highest BCUT2D eigenvalue weighted by Crippen LogP contribution is 2.38. The average Bonchev–Trinajstić information content (AvgIpc) is 3.00. The van der Waals surface area contributed by atoms with Crippen LogP contribution in [-0.2, 0) is 15.7 Å². The minimum absolute atomic E-state index is 0.307. The molecular formula is C18H27BN2O2. The van der Waals surface area contributed by atoms with E-state index in [2.05, 4.69) is 62.6 Å². The Morgan fingerprint density at radius 2 is 1.96 bits per heavy atom. The smallest absolute Gasteiger partial charge is 0.400 e. The van der Waals surface area contributed by atoms with Gasteiger partial charge in [-0.2, -0.15) is 0 Å². The molecule has 1 aromatic carbocycles. The SMILES string of the molecule is CNCC(=Cc1ccc2c(c1)CCN2)B1OC(C)(C)C(C)(C)O1. The van der Waals surface area contributed by atoms with Gasteiger partial charge < -0.3 is 19.9 Å². The second-order valence-corrected chi connectivity index (χ2v) is 7.43. The molecule has 0 spiro atoms. The Balaban J connectivity index is 1.87. The maximum atomic E-state index is 6.20. The number of hydrogen-bond donors (Lipinski definition) is 2. The van der Waals surface area contributed by atoms with Crippen LogP contribution in [0.1, 0.15) is 38.8 Å². The highest BCUT2D eigenvalue weighted by Gasteiger charge is 2.52. The van der Waals surface area contributed by atoms with Crippen molar-refractivity contribution in [1.29, 1.82) is 0 Å². The van der Waals surface area contributed by atoms with Crippen molar-refractivity contribution in [2.24, 2.45) is 0 Å². The van der Waals surface area contributed by atoms with Crippen molar-refractivity contribution in [1.82, 2.24) is 5.32 Å². The summed E-state index contributed by atoms with van der Waals surface area (Å²) in [7, 11) is 1.64. The van der Waals surface area contributed by atoms with E-state index in [4.69, 9.17) is 9.31 Å². The summed E-state index contributed by atoms with van der Waals surface area (Å²) >= 11 is 0. The number of anilines is 1. The molecule has 0 radical (unpaired) electrons. The summed E-state index contributed by atoms with van der Waals surface area (Å²) in [6.07, 6.45) is 3.28. The van der Waals surface area contributed by atoms with Gasteiger partial charge in [0.1, 0.15) is 0 Å². The van der Waals surface area contributed by atoms with Gasteiger partial charge in [0.25, 0.3) is 0 Å². The number of fused-ring (bicyclic) bond motifs is 1. The molecule has 2 aliphatic heterocycles. The molecule has 0 saturated carbocycles. The fourth-order valence-electron chi connectivity index (χ4n) is 3.03. The molecular weight excluding hydrogens is 287 g/mol. The van der Waals surface area contributed by atoms with E-state index in [0.717, 1.165) is 25.0 Å². The summed E-state index contributed by atoms with van der Waals surface area (Å²) in [5.41, 5.74) is 4.34. The number of hydrogen-bond acceptors (Lipinski definition) is 4. The molecule has 0 atom stereocenters. The van der Waals surface area contributed by atoms with Crippen LogP contribution < -0.4 is 10.6 Å². The zero-order valence-corrected chi connectivity index (χ0v) is 14.8. The van der Waals surface area contributed by atoms with E-state index >= 15 is 0 Å². The predicted molar refractivity (Wildman–Crippen MR) is 96.6 cm³/mol. The van der Waals surface area contributed by atoms with Crippen LogP contribution in [0.25, 0.3) is 6.08 Å². The lowest BCUT2D eigenvalue weighted by molar-refractivity contribution is 0.00578. The van der Waals surface area contributed by atoms with E-state index < -0.39 is 0 Å². The molecule has 4 nitrogen and oxygen atoms in total. The quantitative estimate of drug-likeness (QED) is 0.839. The van der Waals surface area contributed by atoms with Gasteiger partial charge in [0.15, 0.2) is 0 Å². The lowest BCUT2D eigenvalue weighted by Gasteiger charge is -2.32. The largest absolute Gasteiger partial charge is 0.491 e. The number of likely N-dealkylation sites (N-methyl/N-ethyl adjacent to an activating group) is 1. The van der Waals surface area contributed by atoms with Crippen LogP contribution in [0.15, 0.2) is 23.7 Å². The average molecular weight is 314 g/mol. The van der Waals surface area contributed by atoms with E-state index in [1.807, 2.05) is 7.05 Å². The van der Waals surface area contributed by atoms with Crippen molar-refractivity contribution in [2.45, 2.75) is 45.3 Å². The summed E-state index contributed by atoms with van der Waals surface area (Å²) in [5, 5.41) is 6.63. The molecule has 2 aliphatic rings. The normalized spacial score (nSPS) is 22.1. The maximum Gasteiger partial charge on any atom is 0.491 e. The number of rotatable bonds is 4. The Bertz CT molecular complexity index is 609. The molecule has 0 unspecified atom stereocenters. The summed E-state index contributed by atoms with van der Waals surface area (Å²) < 4.78 is 12.4. The maximum absolute atomic E-state index is 6.20. The Morgan fingerprint density at radius 1 is 1.26 bits per heavy atom. The van der Waals surface area contributed by atoms with Crippen molar-refractivity contribution in [3.05, 3.63) is 34.8 Å². The van der Waals surface area contributed by atoms with E-state index in [1.165, 1.54) is 16.8 Å². The summed E-state index contributed by atoms with van der Waals surface area (Å²) in [6, 6.07) is 6.57. The molecule has 0 aromatic heterocycles. The Morgan fingerprint density at radius 3 is 2.61 bits per heavy atom. The molecule has 0 amide bonds. The summed E-state index contributed by atoms with van der Waals surface area (Å²) in [5.74, 6) is 0. The first-order chi connectivity index (χ1) is 10.8. The van der Waals surface area contributed by atoms with Crippen molar-refractivity contribution < 1.29 is 9.31 Å². The standard InChI is InChI=1S/C18H27BN2O2/c1-17(2)18(3,4)23-19(22-17)15(12-20-5)11-13-6-7-16-14(10-13)8-9-21-16/h6-7,10-11,20-21H,8-9,12H2,1-5H3. The second-order valence-electron chi connectivity index (χ2n) is 7.43. The van der Waals surface area contributed by atoms with Gasteiger partial charge in [-0.25, -0.2) is 0 Å². The van der Waals surface area contributed by atoms with Crippen LogP contribution in [0.5, 0.6) is 0 Å². The van der Waals surface area contributed by atoms with E-state index in [1.54, 1.807) is 0 Å². The molecule has 1 fully saturated rings. The lowest BCUT2D eigenvalue weighted by Crippen LogP contribution is -2.41. The highest BCUT2D eigenvalue weighted by molar-refractivity contribution is 6.55. The van der Waals surface area contributed by atoms with Crippen LogP contribution in [0.4, 0.5) is 5.69 Å². The van der Waals surface area contributed by atoms with E-state index in [-0.39, 0.29) is 18.3 Å². The first kappa shape index (κ1) is 16.6. The van der Waals surface area contributed by atoms with Crippen LogP contribution in [-0.4, -0.2) is 38.5 Å². The Kier molecular flexibility index (Phi) is 4.30. The molecule has 5 heteroatoms.